The highest BCUT2D eigenvalue weighted by atomic mass is 16.5. The van der Waals surface area contributed by atoms with Gasteiger partial charge < -0.3 is 15.2 Å². The van der Waals surface area contributed by atoms with E-state index in [0.717, 1.165) is 31.7 Å². The number of nitrogens with one attached hydrogen (secondary N) is 1. The molecule has 0 saturated heterocycles. The van der Waals surface area contributed by atoms with Crippen molar-refractivity contribution < 1.29 is 9.84 Å². The minimum absolute atomic E-state index is 0.188. The fraction of sp³-hybridized carbons (Fsp3) is 0.412. The molecule has 0 aliphatic carbocycles. The normalized spacial score (nSPS) is 12.6. The summed E-state index contributed by atoms with van der Waals surface area (Å²) in [6.45, 7) is 3.68. The number of fused-ring (bicyclic) bond motifs is 1. The van der Waals surface area contributed by atoms with E-state index in [4.69, 9.17) is 4.74 Å². The van der Waals surface area contributed by atoms with Gasteiger partial charge in [-0.1, -0.05) is 25.1 Å². The molecule has 1 unspecified atom stereocenters. The third-order valence-corrected chi connectivity index (χ3v) is 3.57. The highest BCUT2D eigenvalue weighted by Gasteiger charge is 2.01. The van der Waals surface area contributed by atoms with Crippen LogP contribution in [0.5, 0.6) is 5.75 Å². The molecule has 1 atom stereocenters. The molecule has 0 saturated carbocycles. The van der Waals surface area contributed by atoms with Gasteiger partial charge >= 0.3 is 0 Å². The molecule has 2 aromatic rings. The van der Waals surface area contributed by atoms with Crippen LogP contribution in [0, 0.1) is 0 Å². The lowest BCUT2D eigenvalue weighted by Crippen LogP contribution is -2.19. The van der Waals surface area contributed by atoms with Gasteiger partial charge in [0.05, 0.1) is 13.2 Å². The Labute approximate surface area is 120 Å². The van der Waals surface area contributed by atoms with Crippen LogP contribution in [0.2, 0.25) is 0 Å². The SMILES string of the molecule is CCC(O)CCNCc1ccc2cc(OC)ccc2c1. The highest BCUT2D eigenvalue weighted by Crippen LogP contribution is 2.21. The van der Waals surface area contributed by atoms with Crippen LogP contribution in [0.1, 0.15) is 25.3 Å². The maximum Gasteiger partial charge on any atom is 0.119 e. The van der Waals surface area contributed by atoms with Gasteiger partial charge in [-0.15, -0.1) is 0 Å². The van der Waals surface area contributed by atoms with E-state index >= 15 is 0 Å². The van der Waals surface area contributed by atoms with Gasteiger partial charge in [-0.2, -0.15) is 0 Å². The Morgan fingerprint density at radius 3 is 2.65 bits per heavy atom. The summed E-state index contributed by atoms with van der Waals surface area (Å²) in [5.74, 6) is 0.886. The van der Waals surface area contributed by atoms with Crippen LogP contribution >= 0.6 is 0 Å². The van der Waals surface area contributed by atoms with Crippen molar-refractivity contribution in [1.82, 2.24) is 5.32 Å². The second-order valence-corrected chi connectivity index (χ2v) is 5.07. The second-order valence-electron chi connectivity index (χ2n) is 5.07. The van der Waals surface area contributed by atoms with Crippen molar-refractivity contribution in [2.24, 2.45) is 0 Å². The van der Waals surface area contributed by atoms with E-state index in [1.807, 2.05) is 19.1 Å². The Hall–Kier alpha value is -1.58. The Balaban J connectivity index is 1.94. The van der Waals surface area contributed by atoms with Crippen LogP contribution in [0.3, 0.4) is 0 Å². The number of methoxy groups -OCH3 is 1. The van der Waals surface area contributed by atoms with Crippen LogP contribution in [0.4, 0.5) is 0 Å². The molecule has 3 heteroatoms. The van der Waals surface area contributed by atoms with Crippen LogP contribution in [0.25, 0.3) is 10.8 Å². The average Bonchev–Trinajstić information content (AvgIpc) is 2.50. The number of ether oxygens (including phenoxy) is 1. The van der Waals surface area contributed by atoms with Crippen LogP contribution in [-0.4, -0.2) is 24.9 Å². The molecule has 0 aromatic heterocycles. The fourth-order valence-corrected chi connectivity index (χ4v) is 2.22. The van der Waals surface area contributed by atoms with Crippen molar-refractivity contribution >= 4 is 10.8 Å². The maximum absolute atomic E-state index is 9.49. The van der Waals surface area contributed by atoms with Gasteiger partial charge in [-0.3, -0.25) is 0 Å². The standard InChI is InChI=1S/C17H23NO2/c1-3-16(19)8-9-18-12-13-4-5-15-11-17(20-2)7-6-14(15)10-13/h4-7,10-11,16,18-19H,3,8-9,12H2,1-2H3. The van der Waals surface area contributed by atoms with Gasteiger partial charge in [0, 0.05) is 6.54 Å². The molecular formula is C17H23NO2. The summed E-state index contributed by atoms with van der Waals surface area (Å²) in [5, 5.41) is 15.3. The molecule has 2 N–H and O–H groups in total. The monoisotopic (exact) mass is 273 g/mol. The summed E-state index contributed by atoms with van der Waals surface area (Å²) in [6, 6.07) is 12.6. The van der Waals surface area contributed by atoms with Crippen LogP contribution in [0.15, 0.2) is 36.4 Å². The Kier molecular flexibility index (Phi) is 5.39. The van der Waals surface area contributed by atoms with Crippen molar-refractivity contribution in [2.45, 2.75) is 32.4 Å². The lowest BCUT2D eigenvalue weighted by Gasteiger charge is -2.09. The summed E-state index contributed by atoms with van der Waals surface area (Å²) < 4.78 is 5.23. The summed E-state index contributed by atoms with van der Waals surface area (Å²) in [5.41, 5.74) is 1.26. The molecule has 20 heavy (non-hydrogen) atoms. The summed E-state index contributed by atoms with van der Waals surface area (Å²) in [4.78, 5) is 0. The third-order valence-electron chi connectivity index (χ3n) is 3.57. The first kappa shape index (κ1) is 14.8. The predicted molar refractivity (Wildman–Crippen MR) is 83.1 cm³/mol. The molecule has 0 fully saturated rings. The van der Waals surface area contributed by atoms with E-state index in [-0.39, 0.29) is 6.10 Å². The van der Waals surface area contributed by atoms with Crippen LogP contribution < -0.4 is 10.1 Å². The van der Waals surface area contributed by atoms with Crippen molar-refractivity contribution in [3.8, 4) is 5.75 Å². The smallest absolute Gasteiger partial charge is 0.119 e. The zero-order chi connectivity index (χ0) is 14.4. The zero-order valence-electron chi connectivity index (χ0n) is 12.2. The number of aliphatic hydroxyl groups is 1. The van der Waals surface area contributed by atoms with E-state index < -0.39 is 0 Å². The maximum atomic E-state index is 9.49. The molecule has 3 nitrogen and oxygen atoms in total. The molecule has 0 aliphatic heterocycles. The Morgan fingerprint density at radius 2 is 1.90 bits per heavy atom. The molecule has 0 aliphatic rings. The van der Waals surface area contributed by atoms with Gasteiger partial charge in [-0.25, -0.2) is 0 Å². The molecule has 0 spiro atoms. The number of aliphatic hydroxyl groups excluding tert-OH is 1. The molecule has 0 amide bonds. The number of rotatable bonds is 7. The minimum Gasteiger partial charge on any atom is -0.497 e. The summed E-state index contributed by atoms with van der Waals surface area (Å²) in [6.07, 6.45) is 1.44. The van der Waals surface area contributed by atoms with E-state index in [1.54, 1.807) is 7.11 Å². The summed E-state index contributed by atoms with van der Waals surface area (Å²) in [7, 11) is 1.68. The molecule has 108 valence electrons. The van der Waals surface area contributed by atoms with Gasteiger partial charge in [0.25, 0.3) is 0 Å². The third kappa shape index (κ3) is 3.95. The van der Waals surface area contributed by atoms with E-state index in [1.165, 1.54) is 16.3 Å². The fourth-order valence-electron chi connectivity index (χ4n) is 2.22. The number of hydrogen-bond acceptors (Lipinski definition) is 3. The van der Waals surface area contributed by atoms with E-state index in [9.17, 15) is 5.11 Å². The molecule has 0 radical (unpaired) electrons. The quantitative estimate of drug-likeness (QED) is 0.762. The van der Waals surface area contributed by atoms with E-state index in [2.05, 4.69) is 29.6 Å². The molecule has 0 bridgehead atoms. The topological polar surface area (TPSA) is 41.5 Å². The van der Waals surface area contributed by atoms with Gasteiger partial charge in [0.15, 0.2) is 0 Å². The lowest BCUT2D eigenvalue weighted by molar-refractivity contribution is 0.159. The Morgan fingerprint density at radius 1 is 1.15 bits per heavy atom. The van der Waals surface area contributed by atoms with Crippen molar-refractivity contribution in [3.63, 3.8) is 0 Å². The number of hydrogen-bond donors (Lipinski definition) is 2. The first-order chi connectivity index (χ1) is 9.72. The predicted octanol–water partition coefficient (Wildman–Crippen LogP) is 3.10. The van der Waals surface area contributed by atoms with Gasteiger partial charge in [0.2, 0.25) is 0 Å². The van der Waals surface area contributed by atoms with Crippen LogP contribution in [-0.2, 0) is 6.54 Å². The molecule has 2 rings (SSSR count). The molecule has 2 aromatic carbocycles. The zero-order valence-corrected chi connectivity index (χ0v) is 12.2. The van der Waals surface area contributed by atoms with E-state index in [0.29, 0.717) is 0 Å². The average molecular weight is 273 g/mol. The minimum atomic E-state index is -0.188. The lowest BCUT2D eigenvalue weighted by atomic mass is 10.1. The van der Waals surface area contributed by atoms with Crippen molar-refractivity contribution in [1.29, 1.82) is 0 Å². The van der Waals surface area contributed by atoms with Crippen molar-refractivity contribution in [2.75, 3.05) is 13.7 Å². The largest absolute Gasteiger partial charge is 0.497 e. The van der Waals surface area contributed by atoms with Crippen molar-refractivity contribution in [3.05, 3.63) is 42.0 Å². The first-order valence-electron chi connectivity index (χ1n) is 7.18. The molecule has 0 heterocycles. The first-order valence-corrected chi connectivity index (χ1v) is 7.18. The second kappa shape index (κ2) is 7.27. The number of benzene rings is 2. The highest BCUT2D eigenvalue weighted by molar-refractivity contribution is 5.84. The van der Waals surface area contributed by atoms with Gasteiger partial charge in [-0.05, 0) is 53.9 Å². The van der Waals surface area contributed by atoms with Gasteiger partial charge in [0.1, 0.15) is 5.75 Å². The Bertz CT molecular complexity index is 554. The molecular weight excluding hydrogens is 250 g/mol. The summed E-state index contributed by atoms with van der Waals surface area (Å²) >= 11 is 0.